The third-order valence-corrected chi connectivity index (χ3v) is 4.30. The average molecular weight is 434 g/mol. The van der Waals surface area contributed by atoms with Crippen LogP contribution in [0.25, 0.3) is 0 Å². The minimum Gasteiger partial charge on any atom is -0.496 e. The molecule has 2 aromatic carbocycles. The third-order valence-electron chi connectivity index (χ3n) is 2.84. The molecule has 0 saturated heterocycles. The van der Waals surface area contributed by atoms with E-state index >= 15 is 0 Å². The summed E-state index contributed by atoms with van der Waals surface area (Å²) in [5.41, 5.74) is 0.865. The average Bonchev–Trinajstić information content (AvgIpc) is 2.51. The Labute approximate surface area is 157 Å². The molecule has 0 bridgehead atoms. The van der Waals surface area contributed by atoms with Crippen molar-refractivity contribution < 1.29 is 9.53 Å². The lowest BCUT2D eigenvalue weighted by Gasteiger charge is -2.12. The first-order valence-electron chi connectivity index (χ1n) is 6.32. The van der Waals surface area contributed by atoms with Crippen molar-refractivity contribution in [3.8, 4) is 5.75 Å². The highest BCUT2D eigenvalue weighted by Gasteiger charge is 2.12. The monoisotopic (exact) mass is 432 g/mol. The van der Waals surface area contributed by atoms with Gasteiger partial charge in [-0.3, -0.25) is 10.1 Å². The molecule has 1 amide bonds. The largest absolute Gasteiger partial charge is 0.496 e. The van der Waals surface area contributed by atoms with Crippen LogP contribution in [-0.2, 0) is 0 Å². The number of methoxy groups -OCH3 is 1. The van der Waals surface area contributed by atoms with E-state index < -0.39 is 0 Å². The van der Waals surface area contributed by atoms with Gasteiger partial charge in [-0.1, -0.05) is 29.3 Å². The summed E-state index contributed by atoms with van der Waals surface area (Å²) in [7, 11) is 1.55. The van der Waals surface area contributed by atoms with Crippen LogP contribution < -0.4 is 15.4 Å². The van der Waals surface area contributed by atoms with Gasteiger partial charge in [-0.2, -0.15) is 0 Å². The first-order chi connectivity index (χ1) is 10.9. The number of carbonyl (C=O) groups is 1. The SMILES string of the molecule is COc1ccc(C(=O)NC(=S)Nc2c(Cl)cccc2Cl)cc1Br. The topological polar surface area (TPSA) is 50.4 Å². The van der Waals surface area contributed by atoms with Gasteiger partial charge in [0.15, 0.2) is 5.11 Å². The molecule has 0 aliphatic carbocycles. The molecule has 0 spiro atoms. The molecule has 0 fully saturated rings. The Morgan fingerprint density at radius 3 is 2.43 bits per heavy atom. The molecule has 2 aromatic rings. The normalized spacial score (nSPS) is 10.1. The molecule has 0 aliphatic rings. The van der Waals surface area contributed by atoms with Crippen molar-refractivity contribution in [3.63, 3.8) is 0 Å². The molecule has 0 heterocycles. The Morgan fingerprint density at radius 2 is 1.87 bits per heavy atom. The van der Waals surface area contributed by atoms with Gasteiger partial charge < -0.3 is 10.1 Å². The van der Waals surface area contributed by atoms with Crippen LogP contribution in [0.1, 0.15) is 10.4 Å². The Balaban J connectivity index is 2.08. The second kappa shape index (κ2) is 7.97. The van der Waals surface area contributed by atoms with Crippen LogP contribution >= 0.6 is 51.3 Å². The molecule has 0 aromatic heterocycles. The number of para-hydroxylation sites is 1. The number of ether oxygens (including phenoxy) is 1. The highest BCUT2D eigenvalue weighted by Crippen LogP contribution is 2.29. The lowest BCUT2D eigenvalue weighted by molar-refractivity contribution is 0.0977. The van der Waals surface area contributed by atoms with Crippen molar-refractivity contribution >= 4 is 68.1 Å². The first kappa shape index (κ1) is 18.0. The van der Waals surface area contributed by atoms with Gasteiger partial charge in [0.1, 0.15) is 5.75 Å². The second-order valence-corrected chi connectivity index (χ2v) is 6.43. The Morgan fingerprint density at radius 1 is 1.22 bits per heavy atom. The number of hydrogen-bond donors (Lipinski definition) is 2. The predicted molar refractivity (Wildman–Crippen MR) is 101 cm³/mol. The second-order valence-electron chi connectivity index (χ2n) is 4.35. The fourth-order valence-corrected chi connectivity index (χ4v) is 2.97. The van der Waals surface area contributed by atoms with Crippen LogP contribution in [0.4, 0.5) is 5.69 Å². The van der Waals surface area contributed by atoms with E-state index in [4.69, 9.17) is 40.2 Å². The predicted octanol–water partition coefficient (Wildman–Crippen LogP) is 4.89. The molecule has 0 aliphatic heterocycles. The zero-order valence-electron chi connectivity index (χ0n) is 11.8. The summed E-state index contributed by atoms with van der Waals surface area (Å²) in [6, 6.07) is 10.00. The zero-order valence-corrected chi connectivity index (χ0v) is 15.7. The van der Waals surface area contributed by atoms with Crippen molar-refractivity contribution in [3.05, 3.63) is 56.5 Å². The molecule has 4 nitrogen and oxygen atoms in total. The van der Waals surface area contributed by atoms with E-state index in [0.717, 1.165) is 0 Å². The summed E-state index contributed by atoms with van der Waals surface area (Å²) >= 11 is 20.5. The molecule has 0 unspecified atom stereocenters. The van der Waals surface area contributed by atoms with Crippen molar-refractivity contribution in [2.45, 2.75) is 0 Å². The number of halogens is 3. The smallest absolute Gasteiger partial charge is 0.257 e. The number of hydrogen-bond acceptors (Lipinski definition) is 3. The van der Waals surface area contributed by atoms with Crippen LogP contribution in [0.3, 0.4) is 0 Å². The number of anilines is 1. The molecular formula is C15H11BrCl2N2O2S. The maximum absolute atomic E-state index is 12.2. The van der Waals surface area contributed by atoms with Gasteiger partial charge in [0.05, 0.1) is 27.3 Å². The molecule has 0 radical (unpaired) electrons. The van der Waals surface area contributed by atoms with E-state index in [0.29, 0.717) is 31.5 Å². The van der Waals surface area contributed by atoms with Gasteiger partial charge >= 0.3 is 0 Å². The van der Waals surface area contributed by atoms with Crippen molar-refractivity contribution in [2.24, 2.45) is 0 Å². The summed E-state index contributed by atoms with van der Waals surface area (Å²) in [5.74, 6) is 0.263. The fourth-order valence-electron chi connectivity index (χ4n) is 1.74. The number of benzene rings is 2. The molecule has 0 atom stereocenters. The maximum Gasteiger partial charge on any atom is 0.257 e. The molecule has 2 N–H and O–H groups in total. The number of thiocarbonyl (C=S) groups is 1. The molecule has 8 heteroatoms. The van der Waals surface area contributed by atoms with Gasteiger partial charge in [-0.25, -0.2) is 0 Å². The zero-order chi connectivity index (χ0) is 17.0. The lowest BCUT2D eigenvalue weighted by atomic mass is 10.2. The third kappa shape index (κ3) is 4.57. The summed E-state index contributed by atoms with van der Waals surface area (Å²) in [6.45, 7) is 0. The summed E-state index contributed by atoms with van der Waals surface area (Å²) in [6.07, 6.45) is 0. The summed E-state index contributed by atoms with van der Waals surface area (Å²) < 4.78 is 5.79. The maximum atomic E-state index is 12.2. The molecule has 2 rings (SSSR count). The van der Waals surface area contributed by atoms with E-state index in [1.165, 1.54) is 0 Å². The summed E-state index contributed by atoms with van der Waals surface area (Å²) in [5, 5.41) is 6.28. The van der Waals surface area contributed by atoms with E-state index in [-0.39, 0.29) is 11.0 Å². The Kier molecular flexibility index (Phi) is 6.24. The standard InChI is InChI=1S/C15H11BrCl2N2O2S/c1-22-12-6-5-8(7-9(12)16)14(21)20-15(23)19-13-10(17)3-2-4-11(13)18/h2-7H,1H3,(H2,19,20,21,23). The quantitative estimate of drug-likeness (QED) is 0.676. The first-order valence-corrected chi connectivity index (χ1v) is 8.28. The highest BCUT2D eigenvalue weighted by atomic mass is 79.9. The van der Waals surface area contributed by atoms with Crippen LogP contribution in [0, 0.1) is 0 Å². The van der Waals surface area contributed by atoms with Gasteiger partial charge in [0.25, 0.3) is 5.91 Å². The van der Waals surface area contributed by atoms with Crippen molar-refractivity contribution in [2.75, 3.05) is 12.4 Å². The van der Waals surface area contributed by atoms with E-state index in [9.17, 15) is 4.79 Å². The minimum absolute atomic E-state index is 0.0944. The van der Waals surface area contributed by atoms with Gasteiger partial charge in [-0.05, 0) is 58.5 Å². The number of amides is 1. The lowest BCUT2D eigenvalue weighted by Crippen LogP contribution is -2.34. The van der Waals surface area contributed by atoms with Crippen LogP contribution in [0.5, 0.6) is 5.75 Å². The van der Waals surface area contributed by atoms with Crippen LogP contribution in [0.2, 0.25) is 10.0 Å². The van der Waals surface area contributed by atoms with Gasteiger partial charge in [0.2, 0.25) is 0 Å². The van der Waals surface area contributed by atoms with Crippen molar-refractivity contribution in [1.82, 2.24) is 5.32 Å². The van der Waals surface area contributed by atoms with Crippen molar-refractivity contribution in [1.29, 1.82) is 0 Å². The number of carbonyl (C=O) groups excluding carboxylic acids is 1. The Hall–Kier alpha value is -1.34. The highest BCUT2D eigenvalue weighted by molar-refractivity contribution is 9.10. The molecular weight excluding hydrogens is 423 g/mol. The van der Waals surface area contributed by atoms with Crippen LogP contribution in [0.15, 0.2) is 40.9 Å². The fraction of sp³-hybridized carbons (Fsp3) is 0.0667. The van der Waals surface area contributed by atoms with Gasteiger partial charge in [-0.15, -0.1) is 0 Å². The van der Waals surface area contributed by atoms with Gasteiger partial charge in [0, 0.05) is 5.56 Å². The number of nitrogens with one attached hydrogen (secondary N) is 2. The molecule has 23 heavy (non-hydrogen) atoms. The van der Waals surface area contributed by atoms with E-state index in [2.05, 4.69) is 26.6 Å². The molecule has 120 valence electrons. The minimum atomic E-state index is -0.367. The van der Waals surface area contributed by atoms with Crippen LogP contribution in [-0.4, -0.2) is 18.1 Å². The number of rotatable bonds is 3. The van der Waals surface area contributed by atoms with E-state index in [1.54, 1.807) is 43.5 Å². The molecule has 0 saturated carbocycles. The summed E-state index contributed by atoms with van der Waals surface area (Å²) in [4.78, 5) is 12.2. The van der Waals surface area contributed by atoms with E-state index in [1.807, 2.05) is 0 Å². The Bertz CT molecular complexity index is 751.